The van der Waals surface area contributed by atoms with E-state index in [2.05, 4.69) is 33.4 Å². The number of benzene rings is 2. The van der Waals surface area contributed by atoms with Crippen LogP contribution in [0.5, 0.6) is 0 Å². The number of hydrogen-bond donors (Lipinski definition) is 1. The first kappa shape index (κ1) is 16.7. The summed E-state index contributed by atoms with van der Waals surface area (Å²) in [5, 5.41) is 2.72. The molecule has 0 spiro atoms. The molecule has 1 unspecified atom stereocenters. The van der Waals surface area contributed by atoms with Crippen molar-refractivity contribution >= 4 is 33.4 Å². The SMILES string of the molecule is CC(=O)Nc1cccc(C(=O)N2CCCC2c2ccc(Br)cc2)c1. The van der Waals surface area contributed by atoms with Gasteiger partial charge in [0.2, 0.25) is 5.91 Å². The maximum atomic E-state index is 12.9. The zero-order valence-electron chi connectivity index (χ0n) is 13.5. The van der Waals surface area contributed by atoms with Crippen LogP contribution in [0.2, 0.25) is 0 Å². The van der Waals surface area contributed by atoms with Gasteiger partial charge in [0.1, 0.15) is 0 Å². The Morgan fingerprint density at radius 1 is 1.17 bits per heavy atom. The van der Waals surface area contributed by atoms with E-state index in [0.29, 0.717) is 11.3 Å². The largest absolute Gasteiger partial charge is 0.332 e. The summed E-state index contributed by atoms with van der Waals surface area (Å²) in [6, 6.07) is 15.4. The lowest BCUT2D eigenvalue weighted by atomic mass is 10.0. The highest BCUT2D eigenvalue weighted by atomic mass is 79.9. The number of rotatable bonds is 3. The number of hydrogen-bond acceptors (Lipinski definition) is 2. The molecule has 124 valence electrons. The minimum atomic E-state index is -0.145. The minimum Gasteiger partial charge on any atom is -0.332 e. The molecule has 4 nitrogen and oxygen atoms in total. The second-order valence-corrected chi connectivity index (χ2v) is 6.89. The Labute approximate surface area is 150 Å². The predicted molar refractivity (Wildman–Crippen MR) is 97.9 cm³/mol. The van der Waals surface area contributed by atoms with Crippen LogP contribution in [0.25, 0.3) is 0 Å². The molecule has 1 aliphatic heterocycles. The normalized spacial score (nSPS) is 16.9. The fourth-order valence-corrected chi connectivity index (χ4v) is 3.40. The highest BCUT2D eigenvalue weighted by molar-refractivity contribution is 9.10. The van der Waals surface area contributed by atoms with E-state index in [1.807, 2.05) is 17.0 Å². The van der Waals surface area contributed by atoms with Gasteiger partial charge < -0.3 is 10.2 Å². The lowest BCUT2D eigenvalue weighted by Crippen LogP contribution is -2.30. The van der Waals surface area contributed by atoms with Crippen molar-refractivity contribution in [3.05, 3.63) is 64.1 Å². The Morgan fingerprint density at radius 3 is 2.62 bits per heavy atom. The Balaban J connectivity index is 1.83. The third-order valence-corrected chi connectivity index (χ3v) is 4.73. The molecular formula is C19H19BrN2O2. The highest BCUT2D eigenvalue weighted by Crippen LogP contribution is 2.33. The maximum absolute atomic E-state index is 12.9. The number of halogens is 1. The molecular weight excluding hydrogens is 368 g/mol. The van der Waals surface area contributed by atoms with Crippen LogP contribution in [0.1, 0.15) is 41.7 Å². The lowest BCUT2D eigenvalue weighted by molar-refractivity contribution is -0.114. The van der Waals surface area contributed by atoms with Gasteiger partial charge in [-0.3, -0.25) is 9.59 Å². The zero-order valence-corrected chi connectivity index (χ0v) is 15.0. The fraction of sp³-hybridized carbons (Fsp3) is 0.263. The molecule has 5 heteroatoms. The first-order valence-corrected chi connectivity index (χ1v) is 8.78. The second kappa shape index (κ2) is 7.18. The maximum Gasteiger partial charge on any atom is 0.254 e. The van der Waals surface area contributed by atoms with Crippen LogP contribution in [0.15, 0.2) is 53.0 Å². The van der Waals surface area contributed by atoms with E-state index in [4.69, 9.17) is 0 Å². The Hall–Kier alpha value is -2.14. The van der Waals surface area contributed by atoms with Crippen molar-refractivity contribution in [2.45, 2.75) is 25.8 Å². The number of carbonyl (C=O) groups excluding carboxylic acids is 2. The third kappa shape index (κ3) is 3.67. The molecule has 0 bridgehead atoms. The molecule has 1 saturated heterocycles. The second-order valence-electron chi connectivity index (χ2n) is 5.97. The van der Waals surface area contributed by atoms with Gasteiger partial charge in [-0.2, -0.15) is 0 Å². The monoisotopic (exact) mass is 386 g/mol. The third-order valence-electron chi connectivity index (χ3n) is 4.20. The number of likely N-dealkylation sites (tertiary alicyclic amines) is 1. The van der Waals surface area contributed by atoms with Crippen LogP contribution in [0.4, 0.5) is 5.69 Å². The molecule has 1 N–H and O–H groups in total. The summed E-state index contributed by atoms with van der Waals surface area (Å²) in [6.07, 6.45) is 1.97. The summed E-state index contributed by atoms with van der Waals surface area (Å²) in [4.78, 5) is 26.1. The molecule has 0 radical (unpaired) electrons. The van der Waals surface area contributed by atoms with Crippen molar-refractivity contribution in [2.75, 3.05) is 11.9 Å². The number of nitrogens with one attached hydrogen (secondary N) is 1. The van der Waals surface area contributed by atoms with Crippen LogP contribution in [0.3, 0.4) is 0 Å². The van der Waals surface area contributed by atoms with Crippen LogP contribution < -0.4 is 5.32 Å². The van der Waals surface area contributed by atoms with E-state index < -0.39 is 0 Å². The van der Waals surface area contributed by atoms with Gasteiger partial charge in [0.05, 0.1) is 6.04 Å². The van der Waals surface area contributed by atoms with E-state index >= 15 is 0 Å². The fourth-order valence-electron chi connectivity index (χ4n) is 3.14. The predicted octanol–water partition coefficient (Wildman–Crippen LogP) is 4.38. The van der Waals surface area contributed by atoms with Crippen LogP contribution in [0, 0.1) is 0 Å². The van der Waals surface area contributed by atoms with Gasteiger partial charge in [0.25, 0.3) is 5.91 Å². The Morgan fingerprint density at radius 2 is 1.92 bits per heavy atom. The number of nitrogens with zero attached hydrogens (tertiary/aromatic N) is 1. The molecule has 1 aliphatic rings. The molecule has 0 aliphatic carbocycles. The Kier molecular flexibility index (Phi) is 5.00. The van der Waals surface area contributed by atoms with Crippen LogP contribution in [-0.4, -0.2) is 23.3 Å². The van der Waals surface area contributed by atoms with Crippen molar-refractivity contribution in [3.8, 4) is 0 Å². The van der Waals surface area contributed by atoms with Gasteiger partial charge in [0.15, 0.2) is 0 Å². The summed E-state index contributed by atoms with van der Waals surface area (Å²) >= 11 is 3.45. The number of carbonyl (C=O) groups is 2. The summed E-state index contributed by atoms with van der Waals surface area (Å²) < 4.78 is 1.03. The van der Waals surface area contributed by atoms with E-state index in [9.17, 15) is 9.59 Å². The molecule has 1 atom stereocenters. The van der Waals surface area contributed by atoms with Crippen LogP contribution >= 0.6 is 15.9 Å². The minimum absolute atomic E-state index is 0.00706. The van der Waals surface area contributed by atoms with E-state index in [1.54, 1.807) is 24.3 Å². The average Bonchev–Trinajstić information content (AvgIpc) is 3.04. The van der Waals surface area contributed by atoms with Gasteiger partial charge in [-0.15, -0.1) is 0 Å². The average molecular weight is 387 g/mol. The summed E-state index contributed by atoms with van der Waals surface area (Å²) in [7, 11) is 0. The molecule has 0 aromatic heterocycles. The van der Waals surface area contributed by atoms with Crippen molar-refractivity contribution in [3.63, 3.8) is 0 Å². The summed E-state index contributed by atoms with van der Waals surface area (Å²) in [5.41, 5.74) is 2.40. The standard InChI is InChI=1S/C19H19BrN2O2/c1-13(23)21-17-5-2-4-15(12-17)19(24)22-11-3-6-18(22)14-7-9-16(20)10-8-14/h2,4-5,7-10,12,18H,3,6,11H2,1H3,(H,21,23). The number of amides is 2. The molecule has 24 heavy (non-hydrogen) atoms. The molecule has 2 aromatic carbocycles. The molecule has 2 amide bonds. The van der Waals surface area contributed by atoms with Crippen molar-refractivity contribution in [1.82, 2.24) is 4.90 Å². The smallest absolute Gasteiger partial charge is 0.254 e. The first-order valence-electron chi connectivity index (χ1n) is 7.98. The van der Waals surface area contributed by atoms with Gasteiger partial charge in [-0.1, -0.05) is 34.1 Å². The van der Waals surface area contributed by atoms with Crippen molar-refractivity contribution < 1.29 is 9.59 Å². The molecule has 1 heterocycles. The highest BCUT2D eigenvalue weighted by Gasteiger charge is 2.30. The van der Waals surface area contributed by atoms with Crippen molar-refractivity contribution in [1.29, 1.82) is 0 Å². The van der Waals surface area contributed by atoms with Gasteiger partial charge in [-0.05, 0) is 48.7 Å². The van der Waals surface area contributed by atoms with E-state index in [0.717, 1.165) is 29.4 Å². The number of anilines is 1. The summed E-state index contributed by atoms with van der Waals surface area (Å²) in [6.45, 7) is 2.21. The van der Waals surface area contributed by atoms with Gasteiger partial charge in [-0.25, -0.2) is 0 Å². The topological polar surface area (TPSA) is 49.4 Å². The van der Waals surface area contributed by atoms with Crippen LogP contribution in [-0.2, 0) is 4.79 Å². The Bertz CT molecular complexity index is 758. The van der Waals surface area contributed by atoms with E-state index in [1.165, 1.54) is 6.92 Å². The van der Waals surface area contributed by atoms with Gasteiger partial charge >= 0.3 is 0 Å². The lowest BCUT2D eigenvalue weighted by Gasteiger charge is -2.25. The first-order chi connectivity index (χ1) is 11.5. The molecule has 0 saturated carbocycles. The quantitative estimate of drug-likeness (QED) is 0.850. The summed E-state index contributed by atoms with van der Waals surface area (Å²) in [5.74, 6) is -0.138. The van der Waals surface area contributed by atoms with Gasteiger partial charge in [0, 0.05) is 29.2 Å². The zero-order chi connectivity index (χ0) is 17.1. The van der Waals surface area contributed by atoms with Crippen molar-refractivity contribution in [2.24, 2.45) is 0 Å². The molecule has 3 rings (SSSR count). The molecule has 1 fully saturated rings. The molecule has 2 aromatic rings. The van der Waals surface area contributed by atoms with E-state index in [-0.39, 0.29) is 17.9 Å².